The lowest BCUT2D eigenvalue weighted by Crippen LogP contribution is -2.16. The van der Waals surface area contributed by atoms with Gasteiger partial charge in [0.05, 0.1) is 17.5 Å². The van der Waals surface area contributed by atoms with E-state index in [4.69, 9.17) is 5.73 Å². The molecule has 0 aliphatic carbocycles. The maximum atomic E-state index is 11.8. The number of nitrogens with two attached hydrogens (primary N) is 1. The minimum atomic E-state index is -0.459. The highest BCUT2D eigenvalue weighted by atomic mass is 32.1. The molecule has 0 saturated carbocycles. The van der Waals surface area contributed by atoms with E-state index in [2.05, 4.69) is 39.8 Å². The van der Waals surface area contributed by atoms with Crippen molar-refractivity contribution in [2.24, 2.45) is 7.05 Å². The monoisotopic (exact) mass is 277 g/mol. The lowest BCUT2D eigenvalue weighted by Gasteiger charge is -1.95. The van der Waals surface area contributed by atoms with Crippen LogP contribution in [0.25, 0.3) is 11.0 Å². The van der Waals surface area contributed by atoms with E-state index >= 15 is 0 Å². The molecule has 2 aromatic heterocycles. The number of amides is 1. The van der Waals surface area contributed by atoms with E-state index in [9.17, 15) is 9.59 Å². The number of H-pyrrole nitrogens is 1. The standard InChI is InChI=1S/C11H11N5O2S/c1-16-5-6(3-2-4-13-11(18)19)7-8(16)14-10(12)15-9(7)17/h5H,4H2,1H3,(H2,13,18,19)(H3,12,14,15,17). The number of aromatic nitrogens is 3. The zero-order valence-corrected chi connectivity index (χ0v) is 10.9. The third-order valence-electron chi connectivity index (χ3n) is 2.40. The van der Waals surface area contributed by atoms with Gasteiger partial charge in [0.15, 0.2) is 5.65 Å². The number of carbonyl (C=O) groups is 1. The molecule has 0 unspecified atom stereocenters. The van der Waals surface area contributed by atoms with E-state index in [1.165, 1.54) is 0 Å². The number of fused-ring (bicyclic) bond motifs is 1. The zero-order valence-electron chi connectivity index (χ0n) is 10.0. The van der Waals surface area contributed by atoms with Crippen LogP contribution in [0.5, 0.6) is 0 Å². The van der Waals surface area contributed by atoms with Crippen molar-refractivity contribution >= 4 is 34.8 Å². The molecule has 0 aromatic carbocycles. The average Bonchev–Trinajstić information content (AvgIpc) is 2.62. The van der Waals surface area contributed by atoms with Crippen LogP contribution in [0.2, 0.25) is 0 Å². The van der Waals surface area contributed by atoms with E-state index in [1.54, 1.807) is 17.8 Å². The van der Waals surface area contributed by atoms with Crippen molar-refractivity contribution < 1.29 is 4.79 Å². The van der Waals surface area contributed by atoms with Gasteiger partial charge in [0.2, 0.25) is 5.95 Å². The second kappa shape index (κ2) is 5.07. The second-order valence-corrected chi connectivity index (χ2v) is 4.17. The fourth-order valence-electron chi connectivity index (χ4n) is 1.65. The Morgan fingerprint density at radius 1 is 1.68 bits per heavy atom. The number of nitrogens with zero attached hydrogens (tertiary/aromatic N) is 2. The third-order valence-corrected chi connectivity index (χ3v) is 2.55. The number of nitrogen functional groups attached to an aromatic ring is 1. The van der Waals surface area contributed by atoms with Crippen LogP contribution in [0.15, 0.2) is 11.0 Å². The van der Waals surface area contributed by atoms with Crippen LogP contribution in [-0.2, 0) is 7.05 Å². The van der Waals surface area contributed by atoms with Gasteiger partial charge in [0.1, 0.15) is 0 Å². The van der Waals surface area contributed by atoms with Gasteiger partial charge in [-0.3, -0.25) is 14.6 Å². The van der Waals surface area contributed by atoms with Crippen molar-refractivity contribution in [1.82, 2.24) is 19.9 Å². The lowest BCUT2D eigenvalue weighted by molar-refractivity contribution is 0.262. The SMILES string of the molecule is Cn1cc(C#CCNC(=O)S)c2c(=O)[nH]c(N)nc21. The van der Waals surface area contributed by atoms with Crippen LogP contribution < -0.4 is 16.6 Å². The molecule has 4 N–H and O–H groups in total. The number of aryl methyl sites for hydroxylation is 1. The van der Waals surface area contributed by atoms with Gasteiger partial charge >= 0.3 is 0 Å². The third kappa shape index (κ3) is 2.71. The summed E-state index contributed by atoms with van der Waals surface area (Å²) in [5.41, 5.74) is 6.13. The van der Waals surface area contributed by atoms with Gasteiger partial charge in [0.25, 0.3) is 10.8 Å². The Labute approximate surface area is 113 Å². The Morgan fingerprint density at radius 2 is 2.42 bits per heavy atom. The summed E-state index contributed by atoms with van der Waals surface area (Å²) in [6, 6.07) is 0. The predicted octanol–water partition coefficient (Wildman–Crippen LogP) is -0.165. The molecule has 2 rings (SSSR count). The predicted molar refractivity (Wildman–Crippen MR) is 75.0 cm³/mol. The fraction of sp³-hybridized carbons (Fsp3) is 0.182. The molecule has 1 amide bonds. The zero-order chi connectivity index (χ0) is 14.0. The van der Waals surface area contributed by atoms with Crippen molar-refractivity contribution in [2.75, 3.05) is 12.3 Å². The maximum absolute atomic E-state index is 11.8. The molecule has 0 bridgehead atoms. The van der Waals surface area contributed by atoms with Crippen LogP contribution in [-0.4, -0.2) is 26.3 Å². The van der Waals surface area contributed by atoms with Gasteiger partial charge in [-0.05, 0) is 0 Å². The minimum absolute atomic E-state index is 0.0561. The Morgan fingerprint density at radius 3 is 3.11 bits per heavy atom. The molecule has 0 fully saturated rings. The molecule has 2 aromatic rings. The fourth-order valence-corrected chi connectivity index (χ4v) is 1.73. The Bertz CT molecular complexity index is 765. The molecule has 0 saturated heterocycles. The molecular formula is C11H11N5O2S. The van der Waals surface area contributed by atoms with Crippen LogP contribution >= 0.6 is 12.6 Å². The molecule has 0 radical (unpaired) electrons. The van der Waals surface area contributed by atoms with E-state index in [-0.39, 0.29) is 18.1 Å². The number of thiol groups is 1. The smallest absolute Gasteiger partial charge is 0.276 e. The summed E-state index contributed by atoms with van der Waals surface area (Å²) in [6.07, 6.45) is 1.68. The molecule has 0 spiro atoms. The van der Waals surface area contributed by atoms with Gasteiger partial charge in [-0.1, -0.05) is 24.5 Å². The molecule has 98 valence electrons. The van der Waals surface area contributed by atoms with Crippen molar-refractivity contribution in [3.05, 3.63) is 22.1 Å². The van der Waals surface area contributed by atoms with Gasteiger partial charge in [-0.15, -0.1) is 0 Å². The molecule has 8 heteroatoms. The molecule has 7 nitrogen and oxygen atoms in total. The highest BCUT2D eigenvalue weighted by molar-refractivity contribution is 7.96. The normalized spacial score (nSPS) is 10.0. The topological polar surface area (TPSA) is 106 Å². The lowest BCUT2D eigenvalue weighted by atomic mass is 10.2. The van der Waals surface area contributed by atoms with Crippen molar-refractivity contribution in [3.8, 4) is 11.8 Å². The summed E-state index contributed by atoms with van der Waals surface area (Å²) in [7, 11) is 1.74. The van der Waals surface area contributed by atoms with Crippen LogP contribution in [0.3, 0.4) is 0 Å². The molecule has 19 heavy (non-hydrogen) atoms. The largest absolute Gasteiger partial charge is 0.369 e. The van der Waals surface area contributed by atoms with E-state index < -0.39 is 5.24 Å². The molecule has 0 aliphatic rings. The molecule has 0 atom stereocenters. The molecular weight excluding hydrogens is 266 g/mol. The second-order valence-electron chi connectivity index (χ2n) is 3.76. The van der Waals surface area contributed by atoms with Gasteiger partial charge < -0.3 is 15.6 Å². The average molecular weight is 277 g/mol. The first kappa shape index (κ1) is 13.0. The number of carbonyl (C=O) groups excluding carboxylic acids is 1. The first-order valence-electron chi connectivity index (χ1n) is 5.29. The summed E-state index contributed by atoms with van der Waals surface area (Å²) in [4.78, 5) is 28.9. The Balaban J connectivity index is 2.45. The van der Waals surface area contributed by atoms with Crippen LogP contribution in [0.1, 0.15) is 5.56 Å². The summed E-state index contributed by atoms with van der Waals surface area (Å²) in [6.45, 7) is 0.152. The van der Waals surface area contributed by atoms with Crippen molar-refractivity contribution in [2.45, 2.75) is 0 Å². The molecule has 0 aliphatic heterocycles. The molecule has 2 heterocycles. The van der Waals surface area contributed by atoms with E-state index in [0.29, 0.717) is 16.6 Å². The highest BCUT2D eigenvalue weighted by Crippen LogP contribution is 2.13. The van der Waals surface area contributed by atoms with Gasteiger partial charge in [0, 0.05) is 13.2 Å². The Hall–Kier alpha value is -2.40. The maximum Gasteiger partial charge on any atom is 0.276 e. The first-order chi connectivity index (χ1) is 8.99. The quantitative estimate of drug-likeness (QED) is 0.429. The van der Waals surface area contributed by atoms with E-state index in [0.717, 1.165) is 0 Å². The van der Waals surface area contributed by atoms with Crippen molar-refractivity contribution in [3.63, 3.8) is 0 Å². The number of rotatable bonds is 1. The van der Waals surface area contributed by atoms with Gasteiger partial charge in [-0.25, -0.2) is 0 Å². The van der Waals surface area contributed by atoms with Crippen molar-refractivity contribution in [1.29, 1.82) is 0 Å². The summed E-state index contributed by atoms with van der Waals surface area (Å²) in [5, 5.41) is 2.34. The minimum Gasteiger partial charge on any atom is -0.369 e. The van der Waals surface area contributed by atoms with Gasteiger partial charge in [-0.2, -0.15) is 4.98 Å². The number of nitrogens with one attached hydrogen (secondary N) is 2. The summed E-state index contributed by atoms with van der Waals surface area (Å²) >= 11 is 3.55. The van der Waals surface area contributed by atoms with Crippen LogP contribution in [0, 0.1) is 11.8 Å². The summed E-state index contributed by atoms with van der Waals surface area (Å²) < 4.78 is 1.67. The highest BCUT2D eigenvalue weighted by Gasteiger charge is 2.10. The number of hydrogen-bond donors (Lipinski definition) is 4. The first-order valence-corrected chi connectivity index (χ1v) is 5.74. The van der Waals surface area contributed by atoms with Crippen LogP contribution in [0.4, 0.5) is 10.7 Å². The number of hydrogen-bond acceptors (Lipinski definition) is 4. The van der Waals surface area contributed by atoms with E-state index in [1.807, 2.05) is 0 Å². The number of anilines is 1. The summed E-state index contributed by atoms with van der Waals surface area (Å²) in [5.74, 6) is 5.58. The Kier molecular flexibility index (Phi) is 3.48. The number of aromatic amines is 1.